The van der Waals surface area contributed by atoms with Crippen LogP contribution in [0.1, 0.15) is 0 Å². The summed E-state index contributed by atoms with van der Waals surface area (Å²) in [5.74, 6) is 1.38. The molecular formula is C20H25N7O4Si. The first-order valence-corrected chi connectivity index (χ1v) is 12.8. The number of amides is 1. The van der Waals surface area contributed by atoms with Gasteiger partial charge in [0.25, 0.3) is 5.91 Å². The minimum Gasteiger partial charge on any atom is -0.497 e. The van der Waals surface area contributed by atoms with E-state index in [-0.39, 0.29) is 12.5 Å². The Bertz CT molecular complexity index is 992. The summed E-state index contributed by atoms with van der Waals surface area (Å²) >= 11 is 0. The summed E-state index contributed by atoms with van der Waals surface area (Å²) in [5, 5.41) is 8.62. The van der Waals surface area contributed by atoms with Gasteiger partial charge in [-0.3, -0.25) is 4.79 Å². The van der Waals surface area contributed by atoms with Crippen LogP contribution < -0.4 is 14.5 Å². The van der Waals surface area contributed by atoms with Crippen molar-refractivity contribution in [3.05, 3.63) is 59.0 Å². The van der Waals surface area contributed by atoms with Crippen molar-refractivity contribution in [2.75, 3.05) is 25.8 Å². The molecule has 0 atom stereocenters. The van der Waals surface area contributed by atoms with Crippen molar-refractivity contribution in [3.63, 3.8) is 0 Å². The third-order valence-electron chi connectivity index (χ3n) is 3.50. The van der Waals surface area contributed by atoms with Gasteiger partial charge >= 0.3 is 0 Å². The monoisotopic (exact) mass is 455 g/mol. The van der Waals surface area contributed by atoms with Gasteiger partial charge in [0.2, 0.25) is 6.08 Å². The molecule has 2 aromatic rings. The van der Waals surface area contributed by atoms with E-state index in [1.54, 1.807) is 62.8 Å². The molecule has 2 aromatic carbocycles. The van der Waals surface area contributed by atoms with E-state index in [0.717, 1.165) is 11.5 Å². The van der Waals surface area contributed by atoms with Crippen molar-refractivity contribution in [3.8, 4) is 11.5 Å². The van der Waals surface area contributed by atoms with Gasteiger partial charge in [0, 0.05) is 0 Å². The molecule has 168 valence electrons. The zero-order valence-corrected chi connectivity index (χ0v) is 19.6. The van der Waals surface area contributed by atoms with E-state index in [4.69, 9.17) is 15.0 Å². The number of hydrogen-bond acceptors (Lipinski definition) is 8. The van der Waals surface area contributed by atoms with Crippen molar-refractivity contribution in [1.29, 1.82) is 0 Å². The van der Waals surface area contributed by atoms with Crippen molar-refractivity contribution in [2.45, 2.75) is 19.6 Å². The summed E-state index contributed by atoms with van der Waals surface area (Å²) < 4.78 is 13.5. The fourth-order valence-corrected chi connectivity index (χ4v) is 2.30. The van der Waals surface area contributed by atoms with Crippen molar-refractivity contribution >= 4 is 31.6 Å². The Morgan fingerprint density at radius 2 is 1.56 bits per heavy atom. The van der Waals surface area contributed by atoms with Crippen LogP contribution in [0.4, 0.5) is 11.4 Å². The molecule has 0 aromatic heterocycles. The van der Waals surface area contributed by atoms with Crippen molar-refractivity contribution in [2.24, 2.45) is 20.1 Å². The predicted molar refractivity (Wildman–Crippen MR) is 123 cm³/mol. The van der Waals surface area contributed by atoms with Gasteiger partial charge in [-0.25, -0.2) is 4.79 Å². The Labute approximate surface area is 187 Å². The quantitative estimate of drug-likeness (QED) is 0.152. The van der Waals surface area contributed by atoms with Gasteiger partial charge in [0.05, 0.1) is 25.6 Å². The number of carbonyl (C=O) groups is 1. The number of nitrogens with zero attached hydrogens (tertiary/aromatic N) is 7. The molecule has 0 spiro atoms. The highest BCUT2D eigenvalue weighted by atomic mass is 28.3. The van der Waals surface area contributed by atoms with E-state index in [1.807, 2.05) is 19.6 Å². The number of rotatable bonds is 5. The average molecular weight is 456 g/mol. The molecule has 3 rings (SSSR count). The SMILES string of the molecule is COc1ccc(N2N=NCC2=O)cc1.COc1ccc(N=C=O)cc1.C[Si](C)(C)N=[N+]=[N-]. The molecule has 0 radical (unpaired) electrons. The summed E-state index contributed by atoms with van der Waals surface area (Å²) in [6, 6.07) is 13.9. The van der Waals surface area contributed by atoms with Gasteiger partial charge in [0.1, 0.15) is 26.3 Å². The lowest BCUT2D eigenvalue weighted by molar-refractivity contribution is -0.116. The van der Waals surface area contributed by atoms with Gasteiger partial charge in [-0.05, 0) is 59.0 Å². The molecule has 1 amide bonds. The van der Waals surface area contributed by atoms with Gasteiger partial charge in [-0.1, -0.05) is 24.9 Å². The largest absolute Gasteiger partial charge is 0.497 e. The molecule has 1 aliphatic rings. The Morgan fingerprint density at radius 3 is 1.91 bits per heavy atom. The van der Waals surface area contributed by atoms with Crippen LogP contribution in [0.5, 0.6) is 11.5 Å². The topological polar surface area (TPSA) is 142 Å². The standard InChI is InChI=1S/C9H9N3O2.C8H7NO2.C3H9N3Si/c1-14-8-4-2-7(3-5-8)12-9(13)6-10-11-12;1-11-8-4-2-7(3-5-8)9-6-10;1-7(2,3)6-5-4/h2-5H,6H2,1H3;2-5H,1H3;1-3H3. The number of hydrogen-bond donors (Lipinski definition) is 0. The van der Waals surface area contributed by atoms with Gasteiger partial charge in [-0.15, -0.1) is 4.78 Å². The lowest BCUT2D eigenvalue weighted by Crippen LogP contribution is -2.21. The second-order valence-electron chi connectivity index (χ2n) is 7.05. The number of azide groups is 1. The molecule has 0 fully saturated rings. The number of methoxy groups -OCH3 is 2. The Kier molecular flexibility index (Phi) is 10.9. The zero-order chi connectivity index (χ0) is 24.0. The van der Waals surface area contributed by atoms with Crippen LogP contribution in [0.2, 0.25) is 19.6 Å². The van der Waals surface area contributed by atoms with Crippen molar-refractivity contribution in [1.82, 2.24) is 0 Å². The van der Waals surface area contributed by atoms with Crippen molar-refractivity contribution < 1.29 is 19.1 Å². The molecule has 0 saturated carbocycles. The summed E-state index contributed by atoms with van der Waals surface area (Å²) in [6.07, 6.45) is 1.46. The highest BCUT2D eigenvalue weighted by Gasteiger charge is 2.19. The smallest absolute Gasteiger partial charge is 0.272 e. The molecule has 1 aliphatic heterocycles. The first-order chi connectivity index (χ1) is 15.2. The van der Waals surface area contributed by atoms with E-state index >= 15 is 0 Å². The van der Waals surface area contributed by atoms with Gasteiger partial charge in [-0.2, -0.15) is 15.1 Å². The third-order valence-corrected chi connectivity index (χ3v) is 4.19. The first-order valence-electron chi connectivity index (χ1n) is 9.36. The molecule has 0 saturated heterocycles. The van der Waals surface area contributed by atoms with Crippen LogP contribution in [0.25, 0.3) is 10.4 Å². The number of benzene rings is 2. The second kappa shape index (κ2) is 13.3. The van der Waals surface area contributed by atoms with E-state index in [2.05, 4.69) is 25.0 Å². The summed E-state index contributed by atoms with van der Waals surface area (Å²) in [6.45, 7) is 6.11. The summed E-state index contributed by atoms with van der Waals surface area (Å²) in [4.78, 5) is 27.2. The highest BCUT2D eigenvalue weighted by molar-refractivity contribution is 6.74. The fraction of sp³-hybridized carbons (Fsp3) is 0.300. The normalized spacial score (nSPS) is 11.7. The molecule has 11 nitrogen and oxygen atoms in total. The number of carbonyl (C=O) groups excluding carboxylic acids is 2. The minimum atomic E-state index is -1.45. The lowest BCUT2D eigenvalue weighted by atomic mass is 10.3. The predicted octanol–water partition coefficient (Wildman–Crippen LogP) is 5.20. The molecule has 0 N–H and O–H groups in total. The first kappa shape index (κ1) is 26.1. The summed E-state index contributed by atoms with van der Waals surface area (Å²) in [7, 11) is 1.73. The zero-order valence-electron chi connectivity index (χ0n) is 18.6. The van der Waals surface area contributed by atoms with Crippen LogP contribution in [-0.2, 0) is 9.59 Å². The molecule has 1 heterocycles. The molecular weight excluding hydrogens is 430 g/mol. The Balaban J connectivity index is 0.000000256. The van der Waals surface area contributed by atoms with Gasteiger partial charge < -0.3 is 9.47 Å². The summed E-state index contributed by atoms with van der Waals surface area (Å²) in [5.41, 5.74) is 9.18. The third kappa shape index (κ3) is 9.68. The van der Waals surface area contributed by atoms with E-state index in [1.165, 1.54) is 11.1 Å². The average Bonchev–Trinajstić information content (AvgIpc) is 3.20. The highest BCUT2D eigenvalue weighted by Crippen LogP contribution is 2.21. The number of isocyanates is 1. The molecule has 0 aliphatic carbocycles. The maximum Gasteiger partial charge on any atom is 0.272 e. The minimum absolute atomic E-state index is 0.116. The van der Waals surface area contributed by atoms with Gasteiger partial charge in [0.15, 0.2) is 0 Å². The van der Waals surface area contributed by atoms with E-state index in [9.17, 15) is 9.59 Å². The van der Waals surface area contributed by atoms with E-state index in [0.29, 0.717) is 11.4 Å². The van der Waals surface area contributed by atoms with Crippen LogP contribution in [0.3, 0.4) is 0 Å². The maximum atomic E-state index is 11.2. The second-order valence-corrected chi connectivity index (χ2v) is 11.6. The molecule has 0 unspecified atom stereocenters. The number of aliphatic imine (C=N–C) groups is 1. The Hall–Kier alpha value is -3.98. The number of ether oxygens (including phenoxy) is 2. The molecule has 32 heavy (non-hydrogen) atoms. The number of anilines is 1. The molecule has 0 bridgehead atoms. The van der Waals surface area contributed by atoms with Crippen LogP contribution >= 0.6 is 0 Å². The lowest BCUT2D eigenvalue weighted by Gasteiger charge is -2.09. The van der Waals surface area contributed by atoms with Crippen LogP contribution in [0, 0.1) is 0 Å². The Morgan fingerprint density at radius 1 is 1.03 bits per heavy atom. The van der Waals surface area contributed by atoms with Crippen LogP contribution in [-0.4, -0.2) is 41.0 Å². The molecule has 12 heteroatoms. The van der Waals surface area contributed by atoms with Crippen LogP contribution in [0.15, 0.2) is 68.6 Å². The van der Waals surface area contributed by atoms with E-state index < -0.39 is 8.24 Å². The fourth-order valence-electron chi connectivity index (χ4n) is 2.03. The maximum absolute atomic E-state index is 11.2.